The lowest BCUT2D eigenvalue weighted by molar-refractivity contribution is 0.729. The second-order valence-electron chi connectivity index (χ2n) is 3.68. The Balaban J connectivity index is 2.14. The molecule has 0 aliphatic heterocycles. The summed E-state index contributed by atoms with van der Waals surface area (Å²) in [5, 5.41) is 0. The fraction of sp³-hybridized carbons (Fsp3) is 0.615. The number of unbranched alkanes of at least 4 members (excludes halogenated alkanes) is 3. The molecule has 0 saturated carbocycles. The molecule has 0 aromatic carbocycles. The van der Waals surface area contributed by atoms with Gasteiger partial charge < -0.3 is 0 Å². The van der Waals surface area contributed by atoms with Crippen molar-refractivity contribution in [2.75, 3.05) is 0 Å². The van der Waals surface area contributed by atoms with Crippen molar-refractivity contribution in [3.8, 4) is 0 Å². The van der Waals surface area contributed by atoms with Crippen LogP contribution in [0.25, 0.3) is 0 Å². The van der Waals surface area contributed by atoms with Crippen LogP contribution in [0.4, 0.5) is 0 Å². The highest BCUT2D eigenvalue weighted by molar-refractivity contribution is 5.21. The molecular weight excluding hydrogens is 156 g/mol. The summed E-state index contributed by atoms with van der Waals surface area (Å²) < 4.78 is 0. The Kier molecular flexibility index (Phi) is 5.36. The van der Waals surface area contributed by atoms with Crippen molar-refractivity contribution < 1.29 is 0 Å². The Hall–Kier alpha value is -0.740. The summed E-state index contributed by atoms with van der Waals surface area (Å²) in [5.74, 6) is 0. The van der Waals surface area contributed by atoms with Gasteiger partial charge in [0.15, 0.2) is 0 Å². The van der Waals surface area contributed by atoms with Crippen LogP contribution in [0.15, 0.2) is 29.5 Å². The molecule has 0 N–H and O–H groups in total. The Morgan fingerprint density at radius 2 is 2.38 bits per heavy atom. The summed E-state index contributed by atoms with van der Waals surface area (Å²) >= 11 is 0. The largest absolute Gasteiger partial charge is 0.125 e. The monoisotopic (exact) mass is 176 g/mol. The van der Waals surface area contributed by atoms with Crippen LogP contribution in [0.1, 0.15) is 51.9 Å². The summed E-state index contributed by atoms with van der Waals surface area (Å²) in [7, 11) is 0. The Morgan fingerprint density at radius 1 is 1.46 bits per heavy atom. The van der Waals surface area contributed by atoms with Crippen molar-refractivity contribution in [2.45, 2.75) is 51.9 Å². The molecule has 0 aromatic heterocycles. The molecule has 0 atom stereocenters. The van der Waals surface area contributed by atoms with Crippen LogP contribution in [0.3, 0.4) is 0 Å². The molecule has 0 radical (unpaired) electrons. The number of allylic oxidation sites excluding steroid dienone is 3. The van der Waals surface area contributed by atoms with Crippen LogP contribution in [0.5, 0.6) is 0 Å². The zero-order chi connectivity index (χ0) is 9.36. The fourth-order valence-electron chi connectivity index (χ4n) is 1.57. The van der Waals surface area contributed by atoms with Gasteiger partial charge in [0.1, 0.15) is 0 Å². The van der Waals surface area contributed by atoms with Gasteiger partial charge in [0.2, 0.25) is 0 Å². The molecule has 1 aliphatic carbocycles. The molecule has 13 heavy (non-hydrogen) atoms. The van der Waals surface area contributed by atoms with Gasteiger partial charge in [-0.25, -0.2) is 0 Å². The molecule has 0 amide bonds. The normalized spacial score (nSPS) is 15.0. The zero-order valence-electron chi connectivity index (χ0n) is 8.68. The third-order valence-electron chi connectivity index (χ3n) is 2.41. The van der Waals surface area contributed by atoms with E-state index in [1.54, 1.807) is 0 Å². The van der Waals surface area contributed by atoms with E-state index in [2.05, 4.69) is 30.9 Å². The first-order chi connectivity index (χ1) is 6.43. The topological polar surface area (TPSA) is 0 Å². The average Bonchev–Trinajstić information content (AvgIpc) is 2.63. The van der Waals surface area contributed by atoms with Gasteiger partial charge in [-0.3, -0.25) is 0 Å². The van der Waals surface area contributed by atoms with E-state index in [4.69, 9.17) is 0 Å². The second kappa shape index (κ2) is 6.74. The lowest BCUT2D eigenvalue weighted by Crippen LogP contribution is -1.69. The van der Waals surface area contributed by atoms with E-state index in [0.717, 1.165) is 0 Å². The van der Waals surface area contributed by atoms with Gasteiger partial charge in [0.05, 0.1) is 0 Å². The first kappa shape index (κ1) is 10.3. The highest BCUT2D eigenvalue weighted by Crippen LogP contribution is 2.17. The number of hydrogen-bond acceptors (Lipinski definition) is 0. The lowest BCUT2D eigenvalue weighted by atomic mass is 10.2. The van der Waals surface area contributed by atoms with Gasteiger partial charge in [-0.1, -0.05) is 25.8 Å². The van der Waals surface area contributed by atoms with Gasteiger partial charge in [-0.15, -0.1) is 5.73 Å². The summed E-state index contributed by atoms with van der Waals surface area (Å²) in [6.45, 7) is 2.24. The van der Waals surface area contributed by atoms with Crippen molar-refractivity contribution >= 4 is 0 Å². The highest BCUT2D eigenvalue weighted by Gasteiger charge is 1.98. The van der Waals surface area contributed by atoms with Crippen molar-refractivity contribution in [3.63, 3.8) is 0 Å². The van der Waals surface area contributed by atoms with E-state index in [-0.39, 0.29) is 0 Å². The SMILES string of the molecule is CCCCCC=C=CC1=CCCC1. The molecule has 0 aromatic rings. The molecule has 72 valence electrons. The molecule has 0 spiro atoms. The van der Waals surface area contributed by atoms with Crippen molar-refractivity contribution in [3.05, 3.63) is 29.5 Å². The van der Waals surface area contributed by atoms with E-state index in [1.165, 1.54) is 50.5 Å². The number of rotatable bonds is 5. The smallest absolute Gasteiger partial charge is 0.0174 e. The average molecular weight is 176 g/mol. The van der Waals surface area contributed by atoms with Crippen LogP contribution < -0.4 is 0 Å². The van der Waals surface area contributed by atoms with E-state index in [1.807, 2.05) is 0 Å². The van der Waals surface area contributed by atoms with E-state index in [0.29, 0.717) is 0 Å². The number of hydrogen-bond donors (Lipinski definition) is 0. The van der Waals surface area contributed by atoms with Gasteiger partial charge in [-0.2, -0.15) is 0 Å². The maximum Gasteiger partial charge on any atom is -0.0174 e. The molecule has 0 nitrogen and oxygen atoms in total. The maximum absolute atomic E-state index is 3.27. The van der Waals surface area contributed by atoms with E-state index >= 15 is 0 Å². The van der Waals surface area contributed by atoms with E-state index in [9.17, 15) is 0 Å². The molecular formula is C13H20. The fourth-order valence-corrected chi connectivity index (χ4v) is 1.57. The van der Waals surface area contributed by atoms with Gasteiger partial charge in [0.25, 0.3) is 0 Å². The van der Waals surface area contributed by atoms with Crippen molar-refractivity contribution in [1.82, 2.24) is 0 Å². The standard InChI is InChI=1S/C13H20/c1-2-3-4-5-6-7-10-13-11-8-9-12-13/h6,10-11H,2-5,8-9,12H2,1H3. The van der Waals surface area contributed by atoms with Crippen LogP contribution in [-0.2, 0) is 0 Å². The molecule has 1 rings (SSSR count). The third kappa shape index (κ3) is 4.75. The lowest BCUT2D eigenvalue weighted by Gasteiger charge is -1.89. The van der Waals surface area contributed by atoms with Crippen molar-refractivity contribution in [1.29, 1.82) is 0 Å². The molecule has 1 aliphatic rings. The molecule has 0 heterocycles. The highest BCUT2D eigenvalue weighted by atomic mass is 14.0. The molecule has 0 heteroatoms. The van der Waals surface area contributed by atoms with Gasteiger partial charge >= 0.3 is 0 Å². The summed E-state index contributed by atoms with van der Waals surface area (Å²) in [6.07, 6.45) is 15.7. The van der Waals surface area contributed by atoms with Crippen LogP contribution >= 0.6 is 0 Å². The van der Waals surface area contributed by atoms with E-state index < -0.39 is 0 Å². The summed E-state index contributed by atoms with van der Waals surface area (Å²) in [6, 6.07) is 0. The van der Waals surface area contributed by atoms with Crippen LogP contribution in [0.2, 0.25) is 0 Å². The minimum atomic E-state index is 1.19. The quantitative estimate of drug-likeness (QED) is 0.430. The summed E-state index contributed by atoms with van der Waals surface area (Å²) in [4.78, 5) is 0. The molecule has 0 fully saturated rings. The van der Waals surface area contributed by atoms with Crippen molar-refractivity contribution in [2.24, 2.45) is 0 Å². The minimum absolute atomic E-state index is 1.19. The Labute approximate surface area is 82.0 Å². The Morgan fingerprint density at radius 3 is 3.08 bits per heavy atom. The zero-order valence-corrected chi connectivity index (χ0v) is 8.68. The third-order valence-corrected chi connectivity index (χ3v) is 2.41. The predicted molar refractivity (Wildman–Crippen MR) is 58.7 cm³/mol. The minimum Gasteiger partial charge on any atom is -0.125 e. The molecule has 0 bridgehead atoms. The van der Waals surface area contributed by atoms with Gasteiger partial charge in [0, 0.05) is 0 Å². The molecule has 0 unspecified atom stereocenters. The van der Waals surface area contributed by atoms with Crippen LogP contribution in [-0.4, -0.2) is 0 Å². The second-order valence-corrected chi connectivity index (χ2v) is 3.68. The Bertz CT molecular complexity index is 214. The molecule has 0 saturated heterocycles. The first-order valence-corrected chi connectivity index (χ1v) is 5.53. The summed E-state index contributed by atoms with van der Waals surface area (Å²) in [5.41, 5.74) is 4.75. The predicted octanol–water partition coefficient (Wildman–Crippen LogP) is 4.39. The maximum atomic E-state index is 3.27. The van der Waals surface area contributed by atoms with Crippen LogP contribution in [0, 0.1) is 0 Å². The first-order valence-electron chi connectivity index (χ1n) is 5.53. The van der Waals surface area contributed by atoms with Gasteiger partial charge in [-0.05, 0) is 49.8 Å².